The summed E-state index contributed by atoms with van der Waals surface area (Å²) >= 11 is 3.43. The number of anilines is 2. The Balaban J connectivity index is 1.31. The van der Waals surface area contributed by atoms with E-state index in [0.717, 1.165) is 5.69 Å². The number of rotatable bonds is 9. The van der Waals surface area contributed by atoms with Crippen LogP contribution in [0.1, 0.15) is 35.7 Å². The number of piperazine rings is 1. The second-order valence-corrected chi connectivity index (χ2v) is 10.9. The molecule has 2 aliphatic rings. The summed E-state index contributed by atoms with van der Waals surface area (Å²) in [7, 11) is 0. The Hall–Kier alpha value is -2.67. The summed E-state index contributed by atoms with van der Waals surface area (Å²) in [5.74, 6) is -0.924. The van der Waals surface area contributed by atoms with E-state index in [4.69, 9.17) is 4.74 Å². The number of nitrogens with zero attached hydrogens (tertiary/aromatic N) is 3. The SMILES string of the molecule is CCOC(=O)C(O)CN1CCN(c2ccc(C(=O)Nc3ccc(Br)c(CN4CCC[C@H]4C(F)(F)F)c3)cc2)CC1. The van der Waals surface area contributed by atoms with Gasteiger partial charge in [0.1, 0.15) is 6.04 Å². The number of carbonyl (C=O) groups excluding carboxylic acids is 2. The molecular formula is C28H34BrF3N4O4. The van der Waals surface area contributed by atoms with Crippen molar-refractivity contribution < 1.29 is 32.6 Å². The number of nitrogens with one attached hydrogen (secondary N) is 1. The van der Waals surface area contributed by atoms with E-state index < -0.39 is 24.3 Å². The minimum Gasteiger partial charge on any atom is -0.464 e. The second-order valence-electron chi connectivity index (χ2n) is 10.0. The number of esters is 1. The first-order valence-electron chi connectivity index (χ1n) is 13.4. The van der Waals surface area contributed by atoms with E-state index in [1.165, 1.54) is 4.90 Å². The van der Waals surface area contributed by atoms with Crippen LogP contribution in [-0.4, -0.2) is 91.0 Å². The number of β-amino-alcohol motifs (C(OH)–C–C–N with tert-alkyl or cyclic N) is 1. The van der Waals surface area contributed by atoms with Crippen LogP contribution in [0.4, 0.5) is 24.5 Å². The lowest BCUT2D eigenvalue weighted by Crippen LogP contribution is -2.49. The van der Waals surface area contributed by atoms with Gasteiger partial charge in [0.2, 0.25) is 0 Å². The number of halogens is 4. The third-order valence-electron chi connectivity index (χ3n) is 7.28. The number of alkyl halides is 3. The number of amides is 1. The number of hydrogen-bond donors (Lipinski definition) is 2. The molecule has 2 aromatic carbocycles. The molecule has 218 valence electrons. The van der Waals surface area contributed by atoms with Crippen molar-refractivity contribution in [2.45, 2.75) is 44.6 Å². The zero-order valence-corrected chi connectivity index (χ0v) is 23.9. The van der Waals surface area contributed by atoms with E-state index in [0.29, 0.717) is 60.4 Å². The Morgan fingerprint density at radius 2 is 1.80 bits per heavy atom. The van der Waals surface area contributed by atoms with Gasteiger partial charge in [-0.1, -0.05) is 15.9 Å². The predicted octanol–water partition coefficient (Wildman–Crippen LogP) is 4.27. The average molecular weight is 628 g/mol. The van der Waals surface area contributed by atoms with Crippen molar-refractivity contribution in [3.63, 3.8) is 0 Å². The van der Waals surface area contributed by atoms with E-state index in [1.807, 2.05) is 17.0 Å². The normalized spacial score (nSPS) is 19.4. The van der Waals surface area contributed by atoms with E-state index in [9.17, 15) is 27.9 Å². The Kier molecular flexibility index (Phi) is 10.1. The number of likely N-dealkylation sites (tertiary alicyclic amines) is 1. The van der Waals surface area contributed by atoms with Crippen molar-refractivity contribution >= 4 is 39.2 Å². The number of aliphatic hydroxyl groups excluding tert-OH is 1. The Morgan fingerprint density at radius 1 is 1.10 bits per heavy atom. The van der Waals surface area contributed by atoms with Gasteiger partial charge in [0.15, 0.2) is 6.10 Å². The van der Waals surface area contributed by atoms with Crippen LogP contribution < -0.4 is 10.2 Å². The van der Waals surface area contributed by atoms with E-state index in [2.05, 4.69) is 26.1 Å². The first-order valence-corrected chi connectivity index (χ1v) is 14.2. The van der Waals surface area contributed by atoms with Crippen LogP contribution in [0.2, 0.25) is 0 Å². The summed E-state index contributed by atoms with van der Waals surface area (Å²) in [5, 5.41) is 12.8. The van der Waals surface area contributed by atoms with E-state index in [-0.39, 0.29) is 32.0 Å². The van der Waals surface area contributed by atoms with Crippen molar-refractivity contribution in [1.82, 2.24) is 9.80 Å². The van der Waals surface area contributed by atoms with Crippen molar-refractivity contribution in [1.29, 1.82) is 0 Å². The zero-order chi connectivity index (χ0) is 28.9. The minimum atomic E-state index is -4.26. The highest BCUT2D eigenvalue weighted by atomic mass is 79.9. The Bertz CT molecular complexity index is 1170. The van der Waals surface area contributed by atoms with Crippen LogP contribution in [0.3, 0.4) is 0 Å². The Morgan fingerprint density at radius 3 is 2.45 bits per heavy atom. The van der Waals surface area contributed by atoms with Crippen LogP contribution in [0.25, 0.3) is 0 Å². The van der Waals surface area contributed by atoms with Gasteiger partial charge in [0.05, 0.1) is 6.61 Å². The van der Waals surface area contributed by atoms with Gasteiger partial charge in [-0.2, -0.15) is 13.2 Å². The lowest BCUT2D eigenvalue weighted by molar-refractivity contribution is -0.177. The van der Waals surface area contributed by atoms with Gasteiger partial charge in [0, 0.05) is 60.7 Å². The van der Waals surface area contributed by atoms with E-state index in [1.54, 1.807) is 37.3 Å². The zero-order valence-electron chi connectivity index (χ0n) is 22.3. The molecule has 1 unspecified atom stereocenters. The quantitative estimate of drug-likeness (QED) is 0.402. The smallest absolute Gasteiger partial charge is 0.404 e. The molecule has 2 fully saturated rings. The molecule has 2 aromatic rings. The largest absolute Gasteiger partial charge is 0.464 e. The average Bonchev–Trinajstić information content (AvgIpc) is 3.40. The van der Waals surface area contributed by atoms with E-state index >= 15 is 0 Å². The first kappa shape index (κ1) is 30.3. The first-order chi connectivity index (χ1) is 19.0. The topological polar surface area (TPSA) is 85.4 Å². The van der Waals surface area contributed by atoms with Crippen LogP contribution in [-0.2, 0) is 16.1 Å². The van der Waals surface area contributed by atoms with Gasteiger partial charge in [-0.15, -0.1) is 0 Å². The molecule has 0 saturated carbocycles. The van der Waals surface area contributed by atoms with Gasteiger partial charge < -0.3 is 20.1 Å². The predicted molar refractivity (Wildman–Crippen MR) is 149 cm³/mol. The number of benzene rings is 2. The number of carbonyl (C=O) groups is 2. The lowest BCUT2D eigenvalue weighted by Gasteiger charge is -2.36. The van der Waals surface area contributed by atoms with Crippen molar-refractivity contribution in [2.24, 2.45) is 0 Å². The highest BCUT2D eigenvalue weighted by molar-refractivity contribution is 9.10. The lowest BCUT2D eigenvalue weighted by atomic mass is 10.1. The van der Waals surface area contributed by atoms with Crippen molar-refractivity contribution in [3.05, 3.63) is 58.1 Å². The molecule has 2 saturated heterocycles. The van der Waals surface area contributed by atoms with Gasteiger partial charge in [-0.25, -0.2) is 4.79 Å². The molecule has 2 heterocycles. The van der Waals surface area contributed by atoms with Gasteiger partial charge in [0.25, 0.3) is 5.91 Å². The van der Waals surface area contributed by atoms with Crippen LogP contribution >= 0.6 is 15.9 Å². The maximum atomic E-state index is 13.4. The molecule has 0 aromatic heterocycles. The van der Waals surface area contributed by atoms with Gasteiger partial charge in [-0.05, 0) is 74.3 Å². The summed E-state index contributed by atoms with van der Waals surface area (Å²) in [5.41, 5.74) is 2.60. The number of ether oxygens (including phenoxy) is 1. The summed E-state index contributed by atoms with van der Waals surface area (Å²) in [6, 6.07) is 10.9. The third-order valence-corrected chi connectivity index (χ3v) is 8.05. The molecule has 12 heteroatoms. The molecule has 2 atom stereocenters. The standard InChI is InChI=1S/C28H34BrF3N4O4/c1-2-40-27(39)24(37)18-34-12-14-35(15-13-34)22-8-5-19(6-9-22)26(38)33-21-7-10-23(29)20(16-21)17-36-11-3-4-25(36)28(30,31)32/h5-10,16,24-25,37H,2-4,11-15,17-18H2,1H3,(H,33,38)/t24?,25-/m0/s1. The highest BCUT2D eigenvalue weighted by Crippen LogP contribution is 2.35. The van der Waals surface area contributed by atoms with Gasteiger partial charge in [-0.3, -0.25) is 14.6 Å². The molecule has 0 bridgehead atoms. The minimum absolute atomic E-state index is 0.0990. The Labute approximate surface area is 240 Å². The fraction of sp³-hybridized carbons (Fsp3) is 0.500. The number of aliphatic hydroxyl groups is 1. The monoisotopic (exact) mass is 626 g/mol. The molecule has 0 aliphatic carbocycles. The third kappa shape index (κ3) is 7.74. The fourth-order valence-corrected chi connectivity index (χ4v) is 5.52. The summed E-state index contributed by atoms with van der Waals surface area (Å²) in [6.45, 7) is 5.42. The molecule has 40 heavy (non-hydrogen) atoms. The van der Waals surface area contributed by atoms with Gasteiger partial charge >= 0.3 is 12.1 Å². The van der Waals surface area contributed by atoms with Crippen LogP contribution in [0.15, 0.2) is 46.9 Å². The summed E-state index contributed by atoms with van der Waals surface area (Å²) in [4.78, 5) is 30.2. The summed E-state index contributed by atoms with van der Waals surface area (Å²) < 4.78 is 45.7. The van der Waals surface area contributed by atoms with Crippen molar-refractivity contribution in [3.8, 4) is 0 Å². The molecule has 8 nitrogen and oxygen atoms in total. The molecular weight excluding hydrogens is 593 g/mol. The highest BCUT2D eigenvalue weighted by Gasteiger charge is 2.45. The summed E-state index contributed by atoms with van der Waals surface area (Å²) in [6.07, 6.45) is -4.82. The maximum absolute atomic E-state index is 13.4. The molecule has 0 radical (unpaired) electrons. The van der Waals surface area contributed by atoms with Crippen molar-refractivity contribution in [2.75, 3.05) is 56.1 Å². The number of hydrogen-bond acceptors (Lipinski definition) is 7. The maximum Gasteiger partial charge on any atom is 0.404 e. The molecule has 1 amide bonds. The molecule has 0 spiro atoms. The van der Waals surface area contributed by atoms with Crippen LogP contribution in [0, 0.1) is 0 Å². The molecule has 2 N–H and O–H groups in total. The second kappa shape index (κ2) is 13.3. The molecule has 2 aliphatic heterocycles. The fourth-order valence-electron chi connectivity index (χ4n) is 5.15. The van der Waals surface area contributed by atoms with Crippen LogP contribution in [0.5, 0.6) is 0 Å². The molecule has 4 rings (SSSR count).